The van der Waals surface area contributed by atoms with Crippen LogP contribution in [0.3, 0.4) is 0 Å². The highest BCUT2D eigenvalue weighted by Gasteiger charge is 2.43. The van der Waals surface area contributed by atoms with Crippen LogP contribution in [0.15, 0.2) is 17.1 Å². The Labute approximate surface area is 171 Å². The summed E-state index contributed by atoms with van der Waals surface area (Å²) in [4.78, 5) is 35.8. The van der Waals surface area contributed by atoms with E-state index >= 15 is 0 Å². The molecule has 12 heteroatoms. The average molecular weight is 448 g/mol. The number of halogens is 4. The lowest BCUT2D eigenvalue weighted by atomic mass is 10.0. The van der Waals surface area contributed by atoms with Crippen LogP contribution in [0.2, 0.25) is 0 Å². The van der Waals surface area contributed by atoms with Crippen LogP contribution in [-0.4, -0.2) is 34.9 Å². The van der Waals surface area contributed by atoms with Gasteiger partial charge < -0.3 is 9.47 Å². The molecule has 3 rings (SSSR count). The van der Waals surface area contributed by atoms with Gasteiger partial charge in [-0.3, -0.25) is 14.3 Å². The van der Waals surface area contributed by atoms with Crippen molar-refractivity contribution in [2.45, 2.75) is 31.9 Å². The molecule has 2 N–H and O–H groups in total. The van der Waals surface area contributed by atoms with Crippen LogP contribution < -0.4 is 15.4 Å². The third-order valence-corrected chi connectivity index (χ3v) is 4.92. The van der Waals surface area contributed by atoms with E-state index in [-0.39, 0.29) is 23.8 Å². The zero-order chi connectivity index (χ0) is 22.2. The molecule has 0 unspecified atom stereocenters. The molecule has 1 aliphatic rings. The number of aromatic nitrogens is 1. The molecule has 0 spiro atoms. The van der Waals surface area contributed by atoms with Crippen molar-refractivity contribution in [3.63, 3.8) is 0 Å². The summed E-state index contributed by atoms with van der Waals surface area (Å²) < 4.78 is 61.8. The van der Waals surface area contributed by atoms with Gasteiger partial charge >= 0.3 is 18.1 Å². The zero-order valence-corrected chi connectivity index (χ0v) is 16.4. The summed E-state index contributed by atoms with van der Waals surface area (Å²) in [6.07, 6.45) is -3.19. The SMILES string of the molecule is Cc1c(OCCSN)c(F)cn2c(=O)c(C(=O)OC(=O)C(F)(F)F)cc(C3CC3)c12. The fourth-order valence-electron chi connectivity index (χ4n) is 3.05. The minimum Gasteiger partial charge on any atom is -0.489 e. The first kappa shape index (κ1) is 22.1. The maximum absolute atomic E-state index is 14.6. The van der Waals surface area contributed by atoms with Crippen molar-refractivity contribution in [3.8, 4) is 5.75 Å². The predicted octanol–water partition coefficient (Wildman–Crippen LogP) is 2.86. The number of aryl methyl sites for hydroxylation is 1. The third kappa shape index (κ3) is 4.29. The Hall–Kier alpha value is -2.60. The van der Waals surface area contributed by atoms with Crippen molar-refractivity contribution in [1.82, 2.24) is 4.40 Å². The van der Waals surface area contributed by atoms with E-state index in [1.165, 1.54) is 6.92 Å². The number of hydrogen-bond donors (Lipinski definition) is 1. The van der Waals surface area contributed by atoms with Crippen LogP contribution in [0.1, 0.15) is 40.2 Å². The number of nitrogens with zero attached hydrogens (tertiary/aromatic N) is 1. The van der Waals surface area contributed by atoms with Gasteiger partial charge in [0.05, 0.1) is 18.3 Å². The van der Waals surface area contributed by atoms with Gasteiger partial charge in [-0.2, -0.15) is 13.2 Å². The van der Waals surface area contributed by atoms with Gasteiger partial charge in [-0.15, -0.1) is 0 Å². The lowest BCUT2D eigenvalue weighted by Gasteiger charge is -2.17. The molecule has 0 saturated heterocycles. The number of ether oxygens (including phenoxy) is 2. The third-order valence-electron chi connectivity index (χ3n) is 4.52. The number of fused-ring (bicyclic) bond motifs is 1. The molecule has 0 aromatic carbocycles. The number of hydrogen-bond acceptors (Lipinski definition) is 7. The topological polar surface area (TPSA) is 100 Å². The van der Waals surface area contributed by atoms with E-state index in [0.717, 1.165) is 28.6 Å². The minimum atomic E-state index is -5.40. The lowest BCUT2D eigenvalue weighted by molar-refractivity contribution is -0.193. The fourth-order valence-corrected chi connectivity index (χ4v) is 3.23. The number of alkyl halides is 3. The smallest absolute Gasteiger partial charge is 0.489 e. The van der Waals surface area contributed by atoms with Crippen LogP contribution in [0, 0.1) is 12.7 Å². The van der Waals surface area contributed by atoms with Gasteiger partial charge in [0.2, 0.25) is 0 Å². The quantitative estimate of drug-likeness (QED) is 0.239. The maximum Gasteiger partial charge on any atom is 0.491 e. The number of carbonyl (C=O) groups excluding carboxylic acids is 2. The van der Waals surface area contributed by atoms with E-state index < -0.39 is 35.1 Å². The summed E-state index contributed by atoms with van der Waals surface area (Å²) in [6.45, 7) is 1.64. The highest BCUT2D eigenvalue weighted by atomic mass is 32.2. The second kappa shape index (κ2) is 8.26. The van der Waals surface area contributed by atoms with E-state index in [9.17, 15) is 31.9 Å². The molecule has 1 saturated carbocycles. The summed E-state index contributed by atoms with van der Waals surface area (Å²) in [5.41, 5.74) is -0.865. The summed E-state index contributed by atoms with van der Waals surface area (Å²) in [6, 6.07) is 1.10. The monoisotopic (exact) mass is 448 g/mol. The number of esters is 2. The number of nitrogens with two attached hydrogens (primary N) is 1. The first-order valence-corrected chi connectivity index (χ1v) is 9.77. The molecule has 162 valence electrons. The Kier molecular flexibility index (Phi) is 6.09. The molecule has 2 aromatic rings. The van der Waals surface area contributed by atoms with Crippen LogP contribution in [-0.2, 0) is 9.53 Å². The van der Waals surface area contributed by atoms with Gasteiger partial charge in [-0.1, -0.05) is 11.9 Å². The molecule has 0 aliphatic heterocycles. The normalized spacial score (nSPS) is 14.1. The zero-order valence-electron chi connectivity index (χ0n) is 15.5. The molecule has 1 aliphatic carbocycles. The first-order chi connectivity index (χ1) is 14.1. The van der Waals surface area contributed by atoms with Gasteiger partial charge in [-0.25, -0.2) is 14.0 Å². The predicted molar refractivity (Wildman–Crippen MR) is 99.0 cm³/mol. The van der Waals surface area contributed by atoms with Gasteiger partial charge in [0.1, 0.15) is 5.56 Å². The Morgan fingerprint density at radius 3 is 2.57 bits per heavy atom. The largest absolute Gasteiger partial charge is 0.491 e. The molecule has 0 amide bonds. The average Bonchev–Trinajstić information content (AvgIpc) is 3.49. The molecular formula is C18H16F4N2O5S. The van der Waals surface area contributed by atoms with Crippen molar-refractivity contribution in [2.24, 2.45) is 5.14 Å². The van der Waals surface area contributed by atoms with Gasteiger partial charge in [0.25, 0.3) is 5.56 Å². The standard InChI is InChI=1S/C18H16F4N2O5S/c1-8-13-10(9-2-3-9)6-11(16(26)29-17(27)18(20,21)22)15(25)24(13)7-12(19)14(8)28-4-5-30-23/h6-7,9H,2-5,23H2,1H3. The molecule has 1 fully saturated rings. The Bertz CT molecular complexity index is 1080. The van der Waals surface area contributed by atoms with Crippen molar-refractivity contribution in [1.29, 1.82) is 0 Å². The second-order valence-corrected chi connectivity index (χ2v) is 7.38. The van der Waals surface area contributed by atoms with Crippen LogP contribution in [0.4, 0.5) is 17.6 Å². The molecule has 2 aromatic heterocycles. The van der Waals surface area contributed by atoms with Crippen molar-refractivity contribution < 1.29 is 36.6 Å². The van der Waals surface area contributed by atoms with E-state index in [2.05, 4.69) is 4.74 Å². The Morgan fingerprint density at radius 2 is 2.00 bits per heavy atom. The van der Waals surface area contributed by atoms with Gasteiger partial charge in [0, 0.05) is 11.3 Å². The van der Waals surface area contributed by atoms with Crippen LogP contribution >= 0.6 is 11.9 Å². The van der Waals surface area contributed by atoms with Crippen molar-refractivity contribution in [3.05, 3.63) is 45.1 Å². The highest BCUT2D eigenvalue weighted by Crippen LogP contribution is 2.43. The fraction of sp³-hybridized carbons (Fsp3) is 0.389. The van der Waals surface area contributed by atoms with E-state index in [1.807, 2.05) is 0 Å². The molecular weight excluding hydrogens is 432 g/mol. The second-order valence-electron chi connectivity index (χ2n) is 6.64. The van der Waals surface area contributed by atoms with E-state index in [4.69, 9.17) is 9.88 Å². The summed E-state index contributed by atoms with van der Waals surface area (Å²) in [7, 11) is 0. The van der Waals surface area contributed by atoms with Crippen LogP contribution in [0.5, 0.6) is 5.75 Å². The van der Waals surface area contributed by atoms with Crippen molar-refractivity contribution >= 4 is 29.4 Å². The molecule has 0 atom stereocenters. The minimum absolute atomic E-state index is 0.0814. The number of rotatable bonds is 6. The summed E-state index contributed by atoms with van der Waals surface area (Å²) in [5.74, 6) is -5.17. The summed E-state index contributed by atoms with van der Waals surface area (Å²) in [5, 5.41) is 5.32. The Morgan fingerprint density at radius 1 is 1.33 bits per heavy atom. The van der Waals surface area contributed by atoms with Crippen molar-refractivity contribution in [2.75, 3.05) is 12.4 Å². The first-order valence-electron chi connectivity index (χ1n) is 8.72. The Balaban J connectivity index is 2.14. The lowest BCUT2D eigenvalue weighted by Crippen LogP contribution is -2.31. The highest BCUT2D eigenvalue weighted by molar-refractivity contribution is 7.97. The van der Waals surface area contributed by atoms with Crippen LogP contribution in [0.25, 0.3) is 5.52 Å². The van der Waals surface area contributed by atoms with Gasteiger partial charge in [0.15, 0.2) is 11.6 Å². The molecule has 30 heavy (non-hydrogen) atoms. The van der Waals surface area contributed by atoms with E-state index in [0.29, 0.717) is 29.7 Å². The number of pyridine rings is 2. The van der Waals surface area contributed by atoms with Gasteiger partial charge in [-0.05, 0) is 37.3 Å². The number of carbonyl (C=O) groups is 2. The van der Waals surface area contributed by atoms with E-state index in [1.54, 1.807) is 0 Å². The maximum atomic E-state index is 14.6. The molecule has 0 radical (unpaired) electrons. The molecule has 7 nitrogen and oxygen atoms in total. The molecule has 2 heterocycles. The molecule has 0 bridgehead atoms. The summed E-state index contributed by atoms with van der Waals surface area (Å²) >= 11 is 1.01.